The molecule has 0 bridgehead atoms. The standard InChI is InChI=1S/C19H28O/c1-5-14-10-11-16(13-15(14)6-2)18(20)17-9-7-8-12-19(17,3)4/h10-11,13,17H,5-9,12H2,1-4H3. The van der Waals surface area contributed by atoms with Crippen LogP contribution < -0.4 is 0 Å². The normalized spacial score (nSPS) is 21.7. The molecule has 0 aliphatic heterocycles. The lowest BCUT2D eigenvalue weighted by Crippen LogP contribution is -2.34. The van der Waals surface area contributed by atoms with Crippen LogP contribution in [0.25, 0.3) is 0 Å². The van der Waals surface area contributed by atoms with Gasteiger partial charge in [-0.2, -0.15) is 0 Å². The van der Waals surface area contributed by atoms with Crippen molar-refractivity contribution in [2.45, 2.75) is 66.2 Å². The minimum Gasteiger partial charge on any atom is -0.294 e. The monoisotopic (exact) mass is 272 g/mol. The first kappa shape index (κ1) is 15.3. The second-order valence-electron chi connectivity index (χ2n) is 6.84. The van der Waals surface area contributed by atoms with E-state index in [1.807, 2.05) is 6.07 Å². The Morgan fingerprint density at radius 3 is 2.45 bits per heavy atom. The number of benzene rings is 1. The molecule has 0 saturated heterocycles. The van der Waals surface area contributed by atoms with E-state index in [1.165, 1.54) is 30.4 Å². The molecule has 1 unspecified atom stereocenters. The lowest BCUT2D eigenvalue weighted by atomic mass is 9.66. The van der Waals surface area contributed by atoms with Crippen molar-refractivity contribution in [3.05, 3.63) is 34.9 Å². The number of Topliss-reactive ketones (excluding diaryl/α,β-unsaturated/α-hetero) is 1. The van der Waals surface area contributed by atoms with Crippen LogP contribution in [0, 0.1) is 11.3 Å². The second-order valence-corrected chi connectivity index (χ2v) is 6.84. The fourth-order valence-electron chi connectivity index (χ4n) is 3.63. The van der Waals surface area contributed by atoms with Gasteiger partial charge in [-0.15, -0.1) is 0 Å². The van der Waals surface area contributed by atoms with Crippen LogP contribution in [0.15, 0.2) is 18.2 Å². The zero-order valence-corrected chi connectivity index (χ0v) is 13.5. The molecular formula is C19H28O. The number of aryl methyl sites for hydroxylation is 2. The first-order chi connectivity index (χ1) is 9.49. The van der Waals surface area contributed by atoms with Crippen LogP contribution in [-0.2, 0) is 12.8 Å². The highest BCUT2D eigenvalue weighted by molar-refractivity contribution is 5.98. The summed E-state index contributed by atoms with van der Waals surface area (Å²) in [6.45, 7) is 8.87. The Kier molecular flexibility index (Phi) is 4.67. The molecule has 1 aliphatic rings. The van der Waals surface area contributed by atoms with Gasteiger partial charge in [-0.3, -0.25) is 4.79 Å². The number of rotatable bonds is 4. The minimum atomic E-state index is 0.158. The third-order valence-corrected chi connectivity index (χ3v) is 5.08. The Bertz CT molecular complexity index is 485. The molecule has 1 saturated carbocycles. The molecule has 110 valence electrons. The predicted octanol–water partition coefficient (Wildman–Crippen LogP) is 5.21. The summed E-state index contributed by atoms with van der Waals surface area (Å²) >= 11 is 0. The fourth-order valence-corrected chi connectivity index (χ4v) is 3.63. The highest BCUT2D eigenvalue weighted by Crippen LogP contribution is 2.42. The van der Waals surface area contributed by atoms with Crippen molar-refractivity contribution in [1.29, 1.82) is 0 Å². The van der Waals surface area contributed by atoms with Crippen LogP contribution in [-0.4, -0.2) is 5.78 Å². The van der Waals surface area contributed by atoms with Crippen molar-refractivity contribution in [2.24, 2.45) is 11.3 Å². The molecule has 1 aromatic carbocycles. The summed E-state index contributed by atoms with van der Waals surface area (Å²) in [5, 5.41) is 0. The maximum atomic E-state index is 12.9. The van der Waals surface area contributed by atoms with E-state index in [-0.39, 0.29) is 11.3 Å². The molecule has 1 fully saturated rings. The van der Waals surface area contributed by atoms with Crippen molar-refractivity contribution in [3.63, 3.8) is 0 Å². The number of carbonyl (C=O) groups is 1. The van der Waals surface area contributed by atoms with E-state index in [2.05, 4.69) is 39.8 Å². The molecule has 1 nitrogen and oxygen atoms in total. The molecular weight excluding hydrogens is 244 g/mol. The smallest absolute Gasteiger partial charge is 0.166 e. The number of ketones is 1. The topological polar surface area (TPSA) is 17.1 Å². The van der Waals surface area contributed by atoms with Crippen LogP contribution in [0.2, 0.25) is 0 Å². The first-order valence-electron chi connectivity index (χ1n) is 8.15. The molecule has 0 amide bonds. The zero-order valence-electron chi connectivity index (χ0n) is 13.5. The fraction of sp³-hybridized carbons (Fsp3) is 0.632. The number of hydrogen-bond acceptors (Lipinski definition) is 1. The van der Waals surface area contributed by atoms with E-state index < -0.39 is 0 Å². The van der Waals surface area contributed by atoms with Gasteiger partial charge in [0.1, 0.15) is 0 Å². The van der Waals surface area contributed by atoms with Gasteiger partial charge in [-0.1, -0.05) is 52.7 Å². The summed E-state index contributed by atoms with van der Waals surface area (Å²) in [5.74, 6) is 0.570. The van der Waals surface area contributed by atoms with E-state index >= 15 is 0 Å². The molecule has 1 aliphatic carbocycles. The van der Waals surface area contributed by atoms with Crippen molar-refractivity contribution in [3.8, 4) is 0 Å². The van der Waals surface area contributed by atoms with Crippen LogP contribution in [0.5, 0.6) is 0 Å². The summed E-state index contributed by atoms with van der Waals surface area (Å²) in [6.07, 6.45) is 6.77. The van der Waals surface area contributed by atoms with Gasteiger partial charge in [-0.25, -0.2) is 0 Å². The molecule has 1 atom stereocenters. The van der Waals surface area contributed by atoms with Crippen LogP contribution in [0.1, 0.15) is 74.9 Å². The lowest BCUT2D eigenvalue weighted by molar-refractivity contribution is 0.0697. The Labute approximate surface area is 123 Å². The maximum absolute atomic E-state index is 12.9. The number of carbonyl (C=O) groups excluding carboxylic acids is 1. The first-order valence-corrected chi connectivity index (χ1v) is 8.15. The third kappa shape index (κ3) is 2.97. The SMILES string of the molecule is CCc1ccc(C(=O)C2CCCCC2(C)C)cc1CC. The second kappa shape index (κ2) is 6.11. The Morgan fingerprint density at radius 2 is 1.85 bits per heavy atom. The van der Waals surface area contributed by atoms with Crippen molar-refractivity contribution >= 4 is 5.78 Å². The largest absolute Gasteiger partial charge is 0.294 e. The van der Waals surface area contributed by atoms with E-state index in [4.69, 9.17) is 0 Å². The van der Waals surface area contributed by atoms with Gasteiger partial charge in [0.2, 0.25) is 0 Å². The summed E-state index contributed by atoms with van der Waals surface area (Å²) < 4.78 is 0. The van der Waals surface area contributed by atoms with Gasteiger partial charge in [0.15, 0.2) is 5.78 Å². The zero-order chi connectivity index (χ0) is 14.8. The van der Waals surface area contributed by atoms with Crippen molar-refractivity contribution in [2.75, 3.05) is 0 Å². The molecule has 20 heavy (non-hydrogen) atoms. The van der Waals surface area contributed by atoms with E-state index in [1.54, 1.807) is 0 Å². The summed E-state index contributed by atoms with van der Waals surface area (Å²) in [5.41, 5.74) is 3.81. The molecule has 1 aromatic rings. The average molecular weight is 272 g/mol. The molecule has 2 rings (SSSR count). The van der Waals surface area contributed by atoms with Crippen LogP contribution >= 0.6 is 0 Å². The van der Waals surface area contributed by atoms with Gasteiger partial charge in [0.25, 0.3) is 0 Å². The minimum absolute atomic E-state index is 0.158. The van der Waals surface area contributed by atoms with E-state index in [0.29, 0.717) is 5.78 Å². The summed E-state index contributed by atoms with van der Waals surface area (Å²) in [7, 11) is 0. The quantitative estimate of drug-likeness (QED) is 0.688. The van der Waals surface area contributed by atoms with Gasteiger partial charge in [0.05, 0.1) is 0 Å². The summed E-state index contributed by atoms with van der Waals surface area (Å²) in [6, 6.07) is 6.35. The lowest BCUT2D eigenvalue weighted by Gasteiger charge is -2.37. The van der Waals surface area contributed by atoms with Gasteiger partial charge < -0.3 is 0 Å². The third-order valence-electron chi connectivity index (χ3n) is 5.08. The van der Waals surface area contributed by atoms with Crippen LogP contribution in [0.3, 0.4) is 0 Å². The Morgan fingerprint density at radius 1 is 1.15 bits per heavy atom. The molecule has 1 heteroatoms. The summed E-state index contributed by atoms with van der Waals surface area (Å²) in [4.78, 5) is 12.9. The molecule has 0 N–H and O–H groups in total. The predicted molar refractivity (Wildman–Crippen MR) is 85.3 cm³/mol. The van der Waals surface area contributed by atoms with E-state index in [0.717, 1.165) is 24.8 Å². The Balaban J connectivity index is 2.29. The van der Waals surface area contributed by atoms with Crippen LogP contribution in [0.4, 0.5) is 0 Å². The molecule has 0 heterocycles. The van der Waals surface area contributed by atoms with E-state index in [9.17, 15) is 4.79 Å². The number of hydrogen-bond donors (Lipinski definition) is 0. The molecule has 0 aromatic heterocycles. The van der Waals surface area contributed by atoms with Gasteiger partial charge in [0, 0.05) is 11.5 Å². The maximum Gasteiger partial charge on any atom is 0.166 e. The average Bonchev–Trinajstić information content (AvgIpc) is 2.45. The molecule has 0 spiro atoms. The Hall–Kier alpha value is -1.11. The van der Waals surface area contributed by atoms with Gasteiger partial charge >= 0.3 is 0 Å². The van der Waals surface area contributed by atoms with Crippen molar-refractivity contribution < 1.29 is 4.79 Å². The van der Waals surface area contributed by atoms with Gasteiger partial charge in [-0.05, 0) is 48.3 Å². The molecule has 0 radical (unpaired) electrons. The van der Waals surface area contributed by atoms with Crippen molar-refractivity contribution in [1.82, 2.24) is 0 Å². The highest BCUT2D eigenvalue weighted by Gasteiger charge is 2.37. The highest BCUT2D eigenvalue weighted by atomic mass is 16.1.